The molecule has 0 radical (unpaired) electrons. The molecule has 1 aromatic carbocycles. The molecule has 1 aromatic rings. The van der Waals surface area contributed by atoms with Gasteiger partial charge in [-0.15, -0.1) is 0 Å². The first-order chi connectivity index (χ1) is 7.44. The van der Waals surface area contributed by atoms with Crippen LogP contribution in [0, 0.1) is 5.92 Å². The number of rotatable bonds is 2. The first-order valence-corrected chi connectivity index (χ1v) is 6.76. The maximum Gasteiger partial charge on any atom is 0.0178 e. The van der Waals surface area contributed by atoms with E-state index in [9.17, 15) is 0 Å². The monoisotopic (exact) mass is 281 g/mol. The van der Waals surface area contributed by atoms with Crippen LogP contribution in [0.1, 0.15) is 31.9 Å². The summed E-state index contributed by atoms with van der Waals surface area (Å²) in [6.07, 6.45) is 2.45. The smallest absolute Gasteiger partial charge is 0.0178 e. The highest BCUT2D eigenvalue weighted by atomic mass is 79.9. The Morgan fingerprint density at radius 1 is 1.25 bits per heavy atom. The normalized spacial score (nSPS) is 19.9. The molecule has 0 aliphatic heterocycles. The van der Waals surface area contributed by atoms with Gasteiger partial charge >= 0.3 is 0 Å². The molecule has 1 aliphatic carbocycles. The minimum atomic E-state index is 0.232. The molecule has 1 atom stereocenters. The van der Waals surface area contributed by atoms with Crippen LogP contribution in [0.4, 0.5) is 0 Å². The van der Waals surface area contributed by atoms with Gasteiger partial charge in [-0.3, -0.25) is 0 Å². The zero-order valence-corrected chi connectivity index (χ0v) is 11.9. The van der Waals surface area contributed by atoms with Crippen molar-refractivity contribution in [3.05, 3.63) is 33.8 Å². The molecule has 1 unspecified atom stereocenters. The zero-order chi connectivity index (χ0) is 11.8. The standard InChI is InChI=1S/C14H20BrN/c1-14(2,3)16-9-10-6-11-4-5-13(15)8-12(11)7-10/h4-5,8,10,16H,6-7,9H2,1-3H3. The van der Waals surface area contributed by atoms with Crippen LogP contribution in [0.25, 0.3) is 0 Å². The second-order valence-electron chi connectivity index (χ2n) is 5.82. The lowest BCUT2D eigenvalue weighted by molar-refractivity contribution is 0.376. The van der Waals surface area contributed by atoms with Crippen molar-refractivity contribution < 1.29 is 0 Å². The molecular formula is C14H20BrN. The topological polar surface area (TPSA) is 12.0 Å². The van der Waals surface area contributed by atoms with E-state index in [2.05, 4.69) is 60.2 Å². The van der Waals surface area contributed by atoms with E-state index in [1.165, 1.54) is 28.4 Å². The molecule has 0 fully saturated rings. The molecular weight excluding hydrogens is 262 g/mol. The molecule has 1 N–H and O–H groups in total. The first kappa shape index (κ1) is 12.1. The van der Waals surface area contributed by atoms with Crippen molar-refractivity contribution in [2.24, 2.45) is 5.92 Å². The average molecular weight is 282 g/mol. The fourth-order valence-electron chi connectivity index (χ4n) is 2.27. The average Bonchev–Trinajstić information content (AvgIpc) is 2.55. The van der Waals surface area contributed by atoms with Gasteiger partial charge in [-0.2, -0.15) is 0 Å². The Kier molecular flexibility index (Phi) is 3.41. The fraction of sp³-hybridized carbons (Fsp3) is 0.571. The van der Waals surface area contributed by atoms with E-state index in [4.69, 9.17) is 0 Å². The molecule has 1 nitrogen and oxygen atoms in total. The molecule has 1 aliphatic rings. The lowest BCUT2D eigenvalue weighted by atomic mass is 10.0. The molecule has 0 saturated carbocycles. The predicted octanol–water partition coefficient (Wildman–Crippen LogP) is 3.55. The summed E-state index contributed by atoms with van der Waals surface area (Å²) in [6.45, 7) is 7.80. The summed E-state index contributed by atoms with van der Waals surface area (Å²) in [5.41, 5.74) is 3.29. The summed E-state index contributed by atoms with van der Waals surface area (Å²) in [4.78, 5) is 0. The lowest BCUT2D eigenvalue weighted by Crippen LogP contribution is -2.39. The number of fused-ring (bicyclic) bond motifs is 1. The fourth-order valence-corrected chi connectivity index (χ4v) is 2.68. The van der Waals surface area contributed by atoms with E-state index in [1.807, 2.05) is 0 Å². The molecule has 0 aromatic heterocycles. The maximum absolute atomic E-state index is 3.60. The van der Waals surface area contributed by atoms with Crippen molar-refractivity contribution in [3.63, 3.8) is 0 Å². The van der Waals surface area contributed by atoms with Crippen molar-refractivity contribution in [3.8, 4) is 0 Å². The Morgan fingerprint density at radius 3 is 2.62 bits per heavy atom. The highest BCUT2D eigenvalue weighted by Gasteiger charge is 2.22. The second kappa shape index (κ2) is 4.50. The summed E-state index contributed by atoms with van der Waals surface area (Å²) in [5, 5.41) is 3.60. The summed E-state index contributed by atoms with van der Waals surface area (Å²) < 4.78 is 1.20. The van der Waals surface area contributed by atoms with Crippen LogP contribution in [0.2, 0.25) is 0 Å². The van der Waals surface area contributed by atoms with Gasteiger partial charge in [-0.25, -0.2) is 0 Å². The number of nitrogens with one attached hydrogen (secondary N) is 1. The van der Waals surface area contributed by atoms with Gasteiger partial charge in [0.05, 0.1) is 0 Å². The number of hydrogen-bond acceptors (Lipinski definition) is 1. The number of benzene rings is 1. The zero-order valence-electron chi connectivity index (χ0n) is 10.3. The molecule has 2 heteroatoms. The summed E-state index contributed by atoms with van der Waals surface area (Å²) in [7, 11) is 0. The van der Waals surface area contributed by atoms with Crippen LogP contribution in [0.3, 0.4) is 0 Å². The van der Waals surface area contributed by atoms with Crippen LogP contribution in [-0.2, 0) is 12.8 Å². The van der Waals surface area contributed by atoms with Crippen LogP contribution in [0.15, 0.2) is 22.7 Å². The Balaban J connectivity index is 1.95. The third-order valence-electron chi connectivity index (χ3n) is 3.11. The second-order valence-corrected chi connectivity index (χ2v) is 6.73. The van der Waals surface area contributed by atoms with Crippen molar-refractivity contribution >= 4 is 15.9 Å². The lowest BCUT2D eigenvalue weighted by Gasteiger charge is -2.23. The molecule has 0 saturated heterocycles. The minimum Gasteiger partial charge on any atom is -0.312 e. The van der Waals surface area contributed by atoms with E-state index >= 15 is 0 Å². The number of halogens is 1. The maximum atomic E-state index is 3.60. The molecule has 0 spiro atoms. The number of hydrogen-bond donors (Lipinski definition) is 1. The Morgan fingerprint density at radius 2 is 1.94 bits per heavy atom. The molecule has 0 amide bonds. The van der Waals surface area contributed by atoms with Gasteiger partial charge in [0.2, 0.25) is 0 Å². The van der Waals surface area contributed by atoms with Crippen LogP contribution in [-0.4, -0.2) is 12.1 Å². The highest BCUT2D eigenvalue weighted by Crippen LogP contribution is 2.29. The molecule has 0 heterocycles. The SMILES string of the molecule is CC(C)(C)NCC1Cc2ccc(Br)cc2C1. The van der Waals surface area contributed by atoms with Gasteiger partial charge in [-0.1, -0.05) is 22.0 Å². The van der Waals surface area contributed by atoms with E-state index in [0.717, 1.165) is 12.5 Å². The Hall–Kier alpha value is -0.340. The van der Waals surface area contributed by atoms with Gasteiger partial charge in [0.25, 0.3) is 0 Å². The Bertz CT molecular complexity index is 379. The van der Waals surface area contributed by atoms with E-state index < -0.39 is 0 Å². The molecule has 88 valence electrons. The summed E-state index contributed by atoms with van der Waals surface area (Å²) in [6, 6.07) is 6.68. The van der Waals surface area contributed by atoms with Crippen molar-refractivity contribution in [2.75, 3.05) is 6.54 Å². The Labute approximate surface area is 107 Å². The van der Waals surface area contributed by atoms with Gasteiger partial charge in [0.1, 0.15) is 0 Å². The minimum absolute atomic E-state index is 0.232. The van der Waals surface area contributed by atoms with E-state index in [1.54, 1.807) is 0 Å². The third-order valence-corrected chi connectivity index (χ3v) is 3.60. The van der Waals surface area contributed by atoms with Crippen molar-refractivity contribution in [2.45, 2.75) is 39.2 Å². The van der Waals surface area contributed by atoms with Gasteiger partial charge in [0.15, 0.2) is 0 Å². The van der Waals surface area contributed by atoms with Gasteiger partial charge < -0.3 is 5.32 Å². The summed E-state index contributed by atoms with van der Waals surface area (Å²) in [5.74, 6) is 0.767. The molecule has 16 heavy (non-hydrogen) atoms. The van der Waals surface area contributed by atoms with Crippen LogP contribution >= 0.6 is 15.9 Å². The third kappa shape index (κ3) is 3.08. The van der Waals surface area contributed by atoms with Crippen LogP contribution < -0.4 is 5.32 Å². The summed E-state index contributed by atoms with van der Waals surface area (Å²) >= 11 is 3.54. The van der Waals surface area contributed by atoms with Gasteiger partial charge in [0, 0.05) is 10.0 Å². The van der Waals surface area contributed by atoms with Crippen LogP contribution in [0.5, 0.6) is 0 Å². The van der Waals surface area contributed by atoms with Gasteiger partial charge in [-0.05, 0) is 69.3 Å². The molecule has 0 bridgehead atoms. The van der Waals surface area contributed by atoms with E-state index in [-0.39, 0.29) is 5.54 Å². The quantitative estimate of drug-likeness (QED) is 0.874. The predicted molar refractivity (Wildman–Crippen MR) is 72.8 cm³/mol. The largest absolute Gasteiger partial charge is 0.312 e. The van der Waals surface area contributed by atoms with E-state index in [0.29, 0.717) is 0 Å². The highest BCUT2D eigenvalue weighted by molar-refractivity contribution is 9.10. The first-order valence-electron chi connectivity index (χ1n) is 5.96. The molecule has 2 rings (SSSR count). The van der Waals surface area contributed by atoms with Crippen molar-refractivity contribution in [1.29, 1.82) is 0 Å². The van der Waals surface area contributed by atoms with Crippen molar-refractivity contribution in [1.82, 2.24) is 5.32 Å².